The van der Waals surface area contributed by atoms with Crippen LogP contribution in [0, 0.1) is 17.5 Å². The molecule has 0 aliphatic carbocycles. The van der Waals surface area contributed by atoms with Gasteiger partial charge < -0.3 is 4.74 Å². The molecule has 0 amide bonds. The van der Waals surface area contributed by atoms with Gasteiger partial charge in [0.15, 0.2) is 17.3 Å². The topological polar surface area (TPSA) is 38.7 Å². The Hall–Kier alpha value is -2.89. The largest absolute Gasteiger partial charge is 0.402 e. The maximum atomic E-state index is 13.6. The summed E-state index contributed by atoms with van der Waals surface area (Å²) < 4.78 is 44.5. The van der Waals surface area contributed by atoms with E-state index in [2.05, 4.69) is 4.99 Å². The molecule has 1 aliphatic heterocycles. The summed E-state index contributed by atoms with van der Waals surface area (Å²) in [6, 6.07) is 8.84. The molecule has 1 heterocycles. The van der Waals surface area contributed by atoms with E-state index in [1.54, 1.807) is 6.07 Å². The van der Waals surface area contributed by atoms with Crippen LogP contribution in [-0.2, 0) is 9.53 Å². The molecular formula is C16H8F3NO2. The fourth-order valence-corrected chi connectivity index (χ4v) is 1.92. The molecule has 22 heavy (non-hydrogen) atoms. The van der Waals surface area contributed by atoms with Crippen molar-refractivity contribution in [2.45, 2.75) is 0 Å². The van der Waals surface area contributed by atoms with Crippen LogP contribution in [0.3, 0.4) is 0 Å². The number of aliphatic imine (C=N–C) groups is 1. The monoisotopic (exact) mass is 303 g/mol. The molecule has 6 heteroatoms. The van der Waals surface area contributed by atoms with E-state index >= 15 is 0 Å². The molecule has 0 aromatic heterocycles. The number of hydrogen-bond acceptors (Lipinski definition) is 3. The number of hydrogen-bond donors (Lipinski definition) is 0. The lowest BCUT2D eigenvalue weighted by Crippen LogP contribution is -2.07. The highest BCUT2D eigenvalue weighted by Crippen LogP contribution is 2.21. The Balaban J connectivity index is 1.98. The van der Waals surface area contributed by atoms with Crippen molar-refractivity contribution in [3.63, 3.8) is 0 Å². The summed E-state index contributed by atoms with van der Waals surface area (Å²) in [5.41, 5.74) is 0.165. The summed E-state index contributed by atoms with van der Waals surface area (Å²) in [6.07, 6.45) is 1.23. The van der Waals surface area contributed by atoms with Crippen molar-refractivity contribution in [3.8, 4) is 0 Å². The Morgan fingerprint density at radius 3 is 2.45 bits per heavy atom. The van der Waals surface area contributed by atoms with Crippen molar-refractivity contribution >= 4 is 17.9 Å². The second kappa shape index (κ2) is 5.48. The van der Waals surface area contributed by atoms with E-state index in [-0.39, 0.29) is 22.7 Å². The number of carbonyl (C=O) groups excluding carboxylic acids is 1. The molecule has 0 spiro atoms. The van der Waals surface area contributed by atoms with Crippen molar-refractivity contribution in [3.05, 3.63) is 76.7 Å². The smallest absolute Gasteiger partial charge is 0.363 e. The number of ether oxygens (including phenoxy) is 1. The van der Waals surface area contributed by atoms with Gasteiger partial charge in [0.1, 0.15) is 5.82 Å². The minimum absolute atomic E-state index is 0.0459. The van der Waals surface area contributed by atoms with Gasteiger partial charge in [0.05, 0.1) is 5.56 Å². The first kappa shape index (κ1) is 14.1. The first-order valence-corrected chi connectivity index (χ1v) is 6.27. The van der Waals surface area contributed by atoms with Crippen molar-refractivity contribution < 1.29 is 22.7 Å². The number of rotatable bonds is 2. The zero-order valence-corrected chi connectivity index (χ0v) is 11.0. The van der Waals surface area contributed by atoms with Crippen LogP contribution in [0.4, 0.5) is 13.2 Å². The molecule has 0 saturated heterocycles. The van der Waals surface area contributed by atoms with Crippen LogP contribution in [0.15, 0.2) is 53.2 Å². The lowest BCUT2D eigenvalue weighted by molar-refractivity contribution is -0.129. The zero-order chi connectivity index (χ0) is 15.7. The Bertz CT molecular complexity index is 828. The lowest BCUT2D eigenvalue weighted by atomic mass is 10.2. The third-order valence-electron chi connectivity index (χ3n) is 2.97. The van der Waals surface area contributed by atoms with Crippen LogP contribution in [0.1, 0.15) is 11.1 Å². The van der Waals surface area contributed by atoms with Crippen molar-refractivity contribution in [2.75, 3.05) is 0 Å². The molecule has 0 atom stereocenters. The van der Waals surface area contributed by atoms with E-state index in [0.717, 1.165) is 12.1 Å². The molecule has 0 unspecified atom stereocenters. The summed E-state index contributed by atoms with van der Waals surface area (Å²) in [5, 5.41) is 0. The summed E-state index contributed by atoms with van der Waals surface area (Å²) >= 11 is 0. The van der Waals surface area contributed by atoms with E-state index in [0.29, 0.717) is 0 Å². The van der Waals surface area contributed by atoms with E-state index in [4.69, 9.17) is 4.74 Å². The maximum Gasteiger partial charge on any atom is 0.363 e. The Morgan fingerprint density at radius 2 is 1.73 bits per heavy atom. The normalized spacial score (nSPS) is 15.9. The van der Waals surface area contributed by atoms with Crippen LogP contribution >= 0.6 is 0 Å². The van der Waals surface area contributed by atoms with E-state index in [9.17, 15) is 18.0 Å². The van der Waals surface area contributed by atoms with Gasteiger partial charge in [-0.3, -0.25) is 0 Å². The van der Waals surface area contributed by atoms with Crippen LogP contribution in [0.2, 0.25) is 0 Å². The maximum absolute atomic E-state index is 13.6. The van der Waals surface area contributed by atoms with Gasteiger partial charge in [0, 0.05) is 0 Å². The highest BCUT2D eigenvalue weighted by atomic mass is 19.2. The lowest BCUT2D eigenvalue weighted by Gasteiger charge is -1.99. The summed E-state index contributed by atoms with van der Waals surface area (Å²) in [6.45, 7) is 0. The third-order valence-corrected chi connectivity index (χ3v) is 2.97. The summed E-state index contributed by atoms with van der Waals surface area (Å²) in [7, 11) is 0. The number of carbonyl (C=O) groups is 1. The van der Waals surface area contributed by atoms with Gasteiger partial charge in [0.25, 0.3) is 0 Å². The highest BCUT2D eigenvalue weighted by molar-refractivity contribution is 6.12. The molecule has 110 valence electrons. The minimum Gasteiger partial charge on any atom is -0.402 e. The first-order valence-electron chi connectivity index (χ1n) is 6.27. The van der Waals surface area contributed by atoms with E-state index < -0.39 is 23.4 Å². The molecule has 0 fully saturated rings. The summed E-state index contributed by atoms with van der Waals surface area (Å²) in [5.74, 6) is -3.58. The fraction of sp³-hybridized carbons (Fsp3) is 0. The van der Waals surface area contributed by atoms with E-state index in [1.807, 2.05) is 0 Å². The van der Waals surface area contributed by atoms with Crippen LogP contribution in [-0.4, -0.2) is 11.9 Å². The number of halogens is 3. The number of nitrogens with zero attached hydrogens (tertiary/aromatic N) is 1. The predicted octanol–water partition coefficient (Wildman–Crippen LogP) is 3.45. The fourth-order valence-electron chi connectivity index (χ4n) is 1.92. The van der Waals surface area contributed by atoms with Crippen molar-refractivity contribution in [1.29, 1.82) is 0 Å². The molecule has 0 saturated carbocycles. The quantitative estimate of drug-likeness (QED) is 0.629. The average molecular weight is 303 g/mol. The number of benzene rings is 2. The van der Waals surface area contributed by atoms with Crippen molar-refractivity contribution in [1.82, 2.24) is 0 Å². The van der Waals surface area contributed by atoms with E-state index in [1.165, 1.54) is 30.3 Å². The van der Waals surface area contributed by atoms with Gasteiger partial charge in [-0.25, -0.2) is 23.0 Å². The van der Waals surface area contributed by atoms with Crippen LogP contribution < -0.4 is 0 Å². The van der Waals surface area contributed by atoms with Gasteiger partial charge in [-0.15, -0.1) is 0 Å². The molecule has 3 nitrogen and oxygen atoms in total. The second-order valence-corrected chi connectivity index (χ2v) is 4.49. The first-order chi connectivity index (χ1) is 10.5. The zero-order valence-electron chi connectivity index (χ0n) is 11.0. The Kier molecular flexibility index (Phi) is 3.50. The standard InChI is InChI=1S/C16H8F3NO2/c17-11-4-2-1-3-10(11)15-20-14(16(21)22-15)8-9-5-6-12(18)13(19)7-9/h1-8H/b14-8+. The minimum atomic E-state index is -1.04. The highest BCUT2D eigenvalue weighted by Gasteiger charge is 2.25. The average Bonchev–Trinajstić information content (AvgIpc) is 2.84. The van der Waals surface area contributed by atoms with Crippen LogP contribution in [0.25, 0.3) is 6.08 Å². The summed E-state index contributed by atoms with van der Waals surface area (Å²) in [4.78, 5) is 15.6. The van der Waals surface area contributed by atoms with Gasteiger partial charge in [-0.1, -0.05) is 18.2 Å². The predicted molar refractivity (Wildman–Crippen MR) is 73.4 cm³/mol. The molecule has 3 rings (SSSR count). The number of esters is 1. The van der Waals surface area contributed by atoms with Gasteiger partial charge in [0.2, 0.25) is 5.90 Å². The molecular weight excluding hydrogens is 295 g/mol. The van der Waals surface area contributed by atoms with Crippen molar-refractivity contribution in [2.24, 2.45) is 4.99 Å². The SMILES string of the molecule is O=C1OC(c2ccccc2F)=N/C1=C/c1ccc(F)c(F)c1. The third kappa shape index (κ3) is 2.63. The van der Waals surface area contributed by atoms with Gasteiger partial charge in [-0.05, 0) is 35.9 Å². The Morgan fingerprint density at radius 1 is 0.955 bits per heavy atom. The molecule has 2 aromatic rings. The molecule has 0 bridgehead atoms. The van der Waals surface area contributed by atoms with Crippen LogP contribution in [0.5, 0.6) is 0 Å². The van der Waals surface area contributed by atoms with Gasteiger partial charge >= 0.3 is 5.97 Å². The number of cyclic esters (lactones) is 1. The molecule has 0 radical (unpaired) electrons. The molecule has 0 N–H and O–H groups in total. The van der Waals surface area contributed by atoms with Gasteiger partial charge in [-0.2, -0.15) is 0 Å². The molecule has 2 aromatic carbocycles. The second-order valence-electron chi connectivity index (χ2n) is 4.49. The molecule has 1 aliphatic rings. The Labute approximate surface area is 123 Å².